The van der Waals surface area contributed by atoms with E-state index in [2.05, 4.69) is 0 Å². The summed E-state index contributed by atoms with van der Waals surface area (Å²) in [5.41, 5.74) is 0.462. The summed E-state index contributed by atoms with van der Waals surface area (Å²) in [5.74, 6) is -0.00967. The molecule has 3 rings (SSSR count). The zero-order chi connectivity index (χ0) is 18.5. The van der Waals surface area contributed by atoms with E-state index < -0.39 is 12.2 Å². The smallest absolute Gasteiger partial charge is 0.217 e. The summed E-state index contributed by atoms with van der Waals surface area (Å²) in [7, 11) is 2.92. The summed E-state index contributed by atoms with van der Waals surface area (Å²) in [6.45, 7) is 0. The number of rotatable bonds is 6. The first-order valence-electron chi connectivity index (χ1n) is 7.97. The molecule has 0 fully saturated rings. The van der Waals surface area contributed by atoms with Gasteiger partial charge in [0.25, 0.3) is 0 Å². The van der Waals surface area contributed by atoms with E-state index in [9.17, 15) is 9.59 Å². The van der Waals surface area contributed by atoms with Crippen LogP contribution in [0.2, 0.25) is 0 Å². The lowest BCUT2D eigenvalue weighted by Gasteiger charge is -2.23. The summed E-state index contributed by atoms with van der Waals surface area (Å²) < 4.78 is 21.2. The fraction of sp³-hybridized carbons (Fsp3) is 0.200. The molecule has 0 spiro atoms. The largest absolute Gasteiger partial charge is 0.497 e. The zero-order valence-corrected chi connectivity index (χ0v) is 14.4. The molecular weight excluding hydrogens is 336 g/mol. The van der Waals surface area contributed by atoms with E-state index in [1.54, 1.807) is 48.6 Å². The second kappa shape index (κ2) is 7.74. The van der Waals surface area contributed by atoms with E-state index >= 15 is 0 Å². The Morgan fingerprint density at radius 1 is 0.808 bits per heavy atom. The number of ketones is 2. The van der Waals surface area contributed by atoms with Crippen molar-refractivity contribution in [1.82, 2.24) is 0 Å². The van der Waals surface area contributed by atoms with E-state index in [4.69, 9.17) is 18.9 Å². The summed E-state index contributed by atoms with van der Waals surface area (Å²) in [4.78, 5) is 26.0. The molecule has 1 aromatic carbocycles. The Morgan fingerprint density at radius 2 is 1.23 bits per heavy atom. The molecule has 26 heavy (non-hydrogen) atoms. The number of Topliss-reactive ketones (excluding diaryl/α,β-unsaturated/α-hetero) is 2. The first kappa shape index (κ1) is 17.5. The molecule has 0 saturated carbocycles. The third-order valence-corrected chi connectivity index (χ3v) is 4.03. The topological polar surface area (TPSA) is 71.1 Å². The average molecular weight is 354 g/mol. The molecule has 0 saturated heterocycles. The van der Waals surface area contributed by atoms with Gasteiger partial charge in [0.1, 0.15) is 11.5 Å². The molecule has 2 atom stereocenters. The predicted molar refractivity (Wildman–Crippen MR) is 93.3 cm³/mol. The van der Waals surface area contributed by atoms with Gasteiger partial charge >= 0.3 is 0 Å². The lowest BCUT2D eigenvalue weighted by molar-refractivity contribution is 0.0599. The van der Waals surface area contributed by atoms with E-state index in [-0.39, 0.29) is 22.7 Å². The lowest BCUT2D eigenvalue weighted by atomic mass is 9.93. The third kappa shape index (κ3) is 3.26. The Morgan fingerprint density at radius 3 is 1.62 bits per heavy atom. The van der Waals surface area contributed by atoms with Crippen LogP contribution in [-0.4, -0.2) is 38.0 Å². The molecule has 1 aromatic rings. The molecule has 2 heterocycles. The van der Waals surface area contributed by atoms with Crippen LogP contribution in [0.3, 0.4) is 0 Å². The fourth-order valence-corrected chi connectivity index (χ4v) is 2.75. The highest BCUT2D eigenvalue weighted by molar-refractivity contribution is 6.13. The molecule has 6 heteroatoms. The summed E-state index contributed by atoms with van der Waals surface area (Å²) >= 11 is 0. The molecule has 2 unspecified atom stereocenters. The second-order valence-electron chi connectivity index (χ2n) is 5.51. The molecule has 134 valence electrons. The maximum Gasteiger partial charge on any atom is 0.217 e. The second-order valence-corrected chi connectivity index (χ2v) is 5.51. The van der Waals surface area contributed by atoms with Crippen molar-refractivity contribution in [2.45, 2.75) is 12.2 Å². The molecule has 2 aliphatic heterocycles. The molecule has 6 nitrogen and oxygen atoms in total. The number of ether oxygens (including phenoxy) is 4. The van der Waals surface area contributed by atoms with Crippen molar-refractivity contribution in [1.29, 1.82) is 0 Å². The standard InChI is InChI=1S/C20H18O6/c1-23-15-9-5-11-25-19(15)17(21)13-7-3-4-8-14(13)18(22)20-16(24-2)10-6-12-26-20/h3-12,19-20H,1-2H3. The van der Waals surface area contributed by atoms with E-state index in [1.807, 2.05) is 0 Å². The Kier molecular flexibility index (Phi) is 5.22. The van der Waals surface area contributed by atoms with Crippen LogP contribution < -0.4 is 0 Å². The van der Waals surface area contributed by atoms with Crippen LogP contribution in [0, 0.1) is 0 Å². The Balaban J connectivity index is 1.94. The molecular formula is C20H18O6. The van der Waals surface area contributed by atoms with Crippen LogP contribution in [0.25, 0.3) is 0 Å². The Bertz CT molecular complexity index is 761. The van der Waals surface area contributed by atoms with Gasteiger partial charge in [-0.15, -0.1) is 0 Å². The van der Waals surface area contributed by atoms with Crippen molar-refractivity contribution < 1.29 is 28.5 Å². The van der Waals surface area contributed by atoms with E-state index in [0.29, 0.717) is 11.5 Å². The minimum atomic E-state index is -0.941. The molecule has 0 aromatic heterocycles. The normalized spacial score (nSPS) is 21.0. The average Bonchev–Trinajstić information content (AvgIpc) is 2.72. The Hall–Kier alpha value is -3.28. The van der Waals surface area contributed by atoms with Gasteiger partial charge in [-0.1, -0.05) is 24.3 Å². The number of carbonyl (C=O) groups excluding carboxylic acids is 2. The highest BCUT2D eigenvalue weighted by Gasteiger charge is 2.34. The van der Waals surface area contributed by atoms with Gasteiger partial charge in [-0.05, 0) is 24.3 Å². The van der Waals surface area contributed by atoms with Crippen molar-refractivity contribution in [3.63, 3.8) is 0 Å². The van der Waals surface area contributed by atoms with Gasteiger partial charge in [-0.3, -0.25) is 9.59 Å². The fourth-order valence-electron chi connectivity index (χ4n) is 2.75. The van der Waals surface area contributed by atoms with Crippen LogP contribution in [0.5, 0.6) is 0 Å². The summed E-state index contributed by atoms with van der Waals surface area (Å²) in [6, 6.07) is 6.54. The maximum atomic E-state index is 13.0. The molecule has 0 radical (unpaired) electrons. The van der Waals surface area contributed by atoms with Gasteiger partial charge in [0.15, 0.2) is 0 Å². The predicted octanol–water partition coefficient (Wildman–Crippen LogP) is 2.94. The molecule has 0 aliphatic carbocycles. The van der Waals surface area contributed by atoms with Gasteiger partial charge in [-0.25, -0.2) is 0 Å². The highest BCUT2D eigenvalue weighted by atomic mass is 16.5. The number of allylic oxidation sites excluding steroid dienone is 4. The molecule has 0 bridgehead atoms. The van der Waals surface area contributed by atoms with Gasteiger partial charge in [0.2, 0.25) is 23.8 Å². The van der Waals surface area contributed by atoms with Crippen LogP contribution in [-0.2, 0) is 18.9 Å². The van der Waals surface area contributed by atoms with E-state index in [0.717, 1.165) is 0 Å². The minimum absolute atomic E-state index is 0.231. The highest BCUT2D eigenvalue weighted by Crippen LogP contribution is 2.24. The monoisotopic (exact) mass is 354 g/mol. The van der Waals surface area contributed by atoms with Gasteiger partial charge < -0.3 is 18.9 Å². The van der Waals surface area contributed by atoms with Crippen molar-refractivity contribution in [3.8, 4) is 0 Å². The van der Waals surface area contributed by atoms with E-state index in [1.165, 1.54) is 26.7 Å². The van der Waals surface area contributed by atoms with Crippen molar-refractivity contribution >= 4 is 11.6 Å². The maximum absolute atomic E-state index is 13.0. The van der Waals surface area contributed by atoms with Crippen LogP contribution >= 0.6 is 0 Å². The first-order chi connectivity index (χ1) is 12.7. The summed E-state index contributed by atoms with van der Waals surface area (Å²) in [5, 5.41) is 0. The van der Waals surface area contributed by atoms with Crippen molar-refractivity contribution in [2.24, 2.45) is 0 Å². The molecule has 2 aliphatic rings. The SMILES string of the molecule is COC1=CC=COC1C(=O)c1ccccc1C(=O)C1OC=CC=C1OC. The summed E-state index contributed by atoms with van der Waals surface area (Å²) in [6.07, 6.45) is 7.52. The number of hydrogen-bond acceptors (Lipinski definition) is 6. The quantitative estimate of drug-likeness (QED) is 0.732. The first-order valence-corrected chi connectivity index (χ1v) is 7.97. The van der Waals surface area contributed by atoms with Gasteiger partial charge in [-0.2, -0.15) is 0 Å². The molecule has 0 amide bonds. The lowest BCUT2D eigenvalue weighted by Crippen LogP contribution is -2.32. The van der Waals surface area contributed by atoms with Crippen molar-refractivity contribution in [2.75, 3.05) is 14.2 Å². The number of benzene rings is 1. The van der Waals surface area contributed by atoms with Crippen molar-refractivity contribution in [3.05, 3.63) is 83.7 Å². The molecule has 0 N–H and O–H groups in total. The number of hydrogen-bond donors (Lipinski definition) is 0. The van der Waals surface area contributed by atoms with Crippen LogP contribution in [0.15, 0.2) is 72.6 Å². The number of carbonyl (C=O) groups is 2. The zero-order valence-electron chi connectivity index (χ0n) is 14.4. The minimum Gasteiger partial charge on any atom is -0.497 e. The van der Waals surface area contributed by atoms with Crippen LogP contribution in [0.1, 0.15) is 20.7 Å². The van der Waals surface area contributed by atoms with Gasteiger partial charge in [0, 0.05) is 11.1 Å². The number of methoxy groups -OCH3 is 2. The van der Waals surface area contributed by atoms with Crippen LogP contribution in [0.4, 0.5) is 0 Å². The van der Waals surface area contributed by atoms with Gasteiger partial charge in [0.05, 0.1) is 26.7 Å². The Labute approximate surface area is 151 Å². The third-order valence-electron chi connectivity index (χ3n) is 4.03.